The fourth-order valence-corrected chi connectivity index (χ4v) is 5.52. The average molecular weight is 623 g/mol. The predicted molar refractivity (Wildman–Crippen MR) is 174 cm³/mol. The van der Waals surface area contributed by atoms with Crippen LogP contribution in [0.15, 0.2) is 115 Å². The minimum Gasteiger partial charge on any atom is -0.365 e. The van der Waals surface area contributed by atoms with Crippen LogP contribution < -0.4 is 15.5 Å². The third-order valence-electron chi connectivity index (χ3n) is 7.89. The first kappa shape index (κ1) is 31.9. The smallest absolute Gasteiger partial charge is 0.365 e. The highest BCUT2D eigenvalue weighted by Gasteiger charge is 2.39. The first-order valence-corrected chi connectivity index (χ1v) is 14.4. The molecule has 9 heteroatoms. The molecule has 5 rings (SSSR count). The molecule has 46 heavy (non-hydrogen) atoms. The molecule has 0 heterocycles. The monoisotopic (exact) mass is 622 g/mol. The summed E-state index contributed by atoms with van der Waals surface area (Å²) in [4.78, 5) is 41.1. The minimum atomic E-state index is -4.50. The lowest BCUT2D eigenvalue weighted by Gasteiger charge is -2.31. The minimum absolute atomic E-state index is 0.0486. The molecule has 0 spiro atoms. The van der Waals surface area contributed by atoms with Crippen LogP contribution in [0.5, 0.6) is 0 Å². The maximum absolute atomic E-state index is 14.4. The highest BCUT2D eigenvalue weighted by Crippen LogP contribution is 2.39. The van der Waals surface area contributed by atoms with Crippen LogP contribution in [0, 0.1) is 6.92 Å². The molecule has 0 radical (unpaired) electrons. The summed E-state index contributed by atoms with van der Waals surface area (Å²) in [6.07, 6.45) is -4.50. The third kappa shape index (κ3) is 6.18. The molecule has 0 aliphatic heterocycles. The Morgan fingerprint density at radius 1 is 0.652 bits per heavy atom. The molecule has 0 unspecified atom stereocenters. The zero-order valence-electron chi connectivity index (χ0n) is 25.4. The molecule has 0 aromatic heterocycles. The van der Waals surface area contributed by atoms with Crippen molar-refractivity contribution in [3.05, 3.63) is 143 Å². The van der Waals surface area contributed by atoms with E-state index in [2.05, 4.69) is 5.32 Å². The number of quaternary nitrogens is 1. The Hall–Kier alpha value is -5.54. The van der Waals surface area contributed by atoms with Crippen LogP contribution in [0.2, 0.25) is 0 Å². The van der Waals surface area contributed by atoms with Gasteiger partial charge >= 0.3 is 12.1 Å². The molecule has 0 aliphatic carbocycles. The number of nitrogens with two attached hydrogens (primary N) is 1. The van der Waals surface area contributed by atoms with Crippen molar-refractivity contribution in [1.29, 1.82) is 0 Å². The second-order valence-corrected chi connectivity index (χ2v) is 11.3. The number of nitrogens with zero attached hydrogens (tertiary/aromatic N) is 1. The van der Waals surface area contributed by atoms with Gasteiger partial charge in [-0.3, -0.25) is 9.59 Å². The Bertz CT molecular complexity index is 1950. The zero-order chi connectivity index (χ0) is 33.2. The van der Waals surface area contributed by atoms with Gasteiger partial charge in [0.15, 0.2) is 5.69 Å². The molecular weight excluding hydrogens is 591 g/mol. The SMILES string of the molecule is Cc1ccc(C(N)=O)c([N+](C)(C)C(=O)c2ccccc2-c2ccccc2)c1NC(=O)c1ccccc1-c1ccc(C(F)(F)F)cc1. The second kappa shape index (κ2) is 12.5. The number of rotatable bonds is 7. The van der Waals surface area contributed by atoms with Gasteiger partial charge in [0.05, 0.1) is 25.2 Å². The Labute approximate surface area is 264 Å². The molecule has 5 aromatic carbocycles. The van der Waals surface area contributed by atoms with E-state index in [4.69, 9.17) is 5.73 Å². The summed E-state index contributed by atoms with van der Waals surface area (Å²) in [6.45, 7) is 1.73. The normalized spacial score (nSPS) is 11.6. The fourth-order valence-electron chi connectivity index (χ4n) is 5.52. The van der Waals surface area contributed by atoms with Crippen molar-refractivity contribution in [3.63, 3.8) is 0 Å². The van der Waals surface area contributed by atoms with Crippen molar-refractivity contribution in [2.24, 2.45) is 5.73 Å². The first-order valence-electron chi connectivity index (χ1n) is 14.4. The highest BCUT2D eigenvalue weighted by molar-refractivity contribution is 6.15. The van der Waals surface area contributed by atoms with E-state index in [1.807, 2.05) is 42.5 Å². The number of benzene rings is 5. The van der Waals surface area contributed by atoms with Gasteiger partial charge in [-0.1, -0.05) is 84.9 Å². The summed E-state index contributed by atoms with van der Waals surface area (Å²) in [6, 6.07) is 30.8. The van der Waals surface area contributed by atoms with Gasteiger partial charge < -0.3 is 11.1 Å². The van der Waals surface area contributed by atoms with Gasteiger partial charge in [-0.25, -0.2) is 9.28 Å². The molecular formula is C37H31F3N3O3+. The molecule has 3 amide bonds. The van der Waals surface area contributed by atoms with Crippen molar-refractivity contribution < 1.29 is 27.6 Å². The van der Waals surface area contributed by atoms with E-state index in [1.54, 1.807) is 63.5 Å². The third-order valence-corrected chi connectivity index (χ3v) is 7.89. The van der Waals surface area contributed by atoms with E-state index in [0.717, 1.165) is 17.7 Å². The number of hydrogen-bond donors (Lipinski definition) is 2. The van der Waals surface area contributed by atoms with Gasteiger partial charge in [-0.15, -0.1) is 0 Å². The number of anilines is 1. The molecule has 0 aliphatic rings. The summed E-state index contributed by atoms with van der Waals surface area (Å²) >= 11 is 0. The Morgan fingerprint density at radius 3 is 1.76 bits per heavy atom. The van der Waals surface area contributed by atoms with E-state index >= 15 is 0 Å². The van der Waals surface area contributed by atoms with Gasteiger partial charge in [-0.05, 0) is 65.1 Å². The largest absolute Gasteiger partial charge is 0.416 e. The molecule has 0 bridgehead atoms. The number of carbonyl (C=O) groups excluding carboxylic acids is 3. The van der Waals surface area contributed by atoms with E-state index < -0.39 is 28.0 Å². The van der Waals surface area contributed by atoms with Gasteiger partial charge in [0.25, 0.3) is 11.8 Å². The van der Waals surface area contributed by atoms with E-state index in [9.17, 15) is 27.6 Å². The summed E-state index contributed by atoms with van der Waals surface area (Å²) in [5, 5.41) is 2.90. The van der Waals surface area contributed by atoms with Crippen LogP contribution in [-0.2, 0) is 6.18 Å². The summed E-state index contributed by atoms with van der Waals surface area (Å²) in [7, 11) is 3.24. The number of hydrogen-bond acceptors (Lipinski definition) is 3. The maximum Gasteiger partial charge on any atom is 0.416 e. The number of primary amides is 1. The average Bonchev–Trinajstić information content (AvgIpc) is 3.05. The Balaban J connectivity index is 1.60. The lowest BCUT2D eigenvalue weighted by atomic mass is 9.96. The van der Waals surface area contributed by atoms with E-state index in [-0.39, 0.29) is 28.4 Å². The quantitative estimate of drug-likeness (QED) is 0.180. The number of alkyl halides is 3. The van der Waals surface area contributed by atoms with Crippen molar-refractivity contribution in [3.8, 4) is 22.3 Å². The Kier molecular flexibility index (Phi) is 8.63. The maximum atomic E-state index is 14.4. The van der Waals surface area contributed by atoms with Crippen LogP contribution in [0.3, 0.4) is 0 Å². The second-order valence-electron chi connectivity index (χ2n) is 11.3. The predicted octanol–water partition coefficient (Wildman–Crippen LogP) is 8.11. The molecule has 0 saturated heterocycles. The molecule has 6 nitrogen and oxygen atoms in total. The van der Waals surface area contributed by atoms with Crippen molar-refractivity contribution in [2.45, 2.75) is 13.1 Å². The number of halogens is 3. The van der Waals surface area contributed by atoms with Crippen molar-refractivity contribution >= 4 is 29.1 Å². The van der Waals surface area contributed by atoms with Crippen LogP contribution in [0.1, 0.15) is 42.2 Å². The topological polar surface area (TPSA) is 89.3 Å². The van der Waals surface area contributed by atoms with Gasteiger partial charge in [0.1, 0.15) is 11.3 Å². The lowest BCUT2D eigenvalue weighted by Crippen LogP contribution is -2.48. The van der Waals surface area contributed by atoms with E-state index in [0.29, 0.717) is 27.8 Å². The summed E-state index contributed by atoms with van der Waals surface area (Å²) < 4.78 is 39.1. The fraction of sp³-hybridized carbons (Fsp3) is 0.108. The molecule has 232 valence electrons. The Morgan fingerprint density at radius 2 is 1.17 bits per heavy atom. The van der Waals surface area contributed by atoms with Gasteiger partial charge in [-0.2, -0.15) is 13.2 Å². The molecule has 5 aromatic rings. The summed E-state index contributed by atoms with van der Waals surface area (Å²) in [5.41, 5.74) is 8.98. The molecule has 0 fully saturated rings. The number of nitrogens with one attached hydrogen (secondary N) is 1. The number of aryl methyl sites for hydroxylation is 1. The standard InChI is InChI=1S/C37H30F3N3O3/c1-23-17-22-31(34(41)44)33(43(2,3)36(46)30-16-10-8-14-28(30)24-11-5-4-6-12-24)32(23)42-35(45)29-15-9-7-13-27(29)25-18-20-26(21-19-25)37(38,39)40/h4-22H,1-3H3,(H2-,41,42,44,45)/p+1. The number of carbonyl (C=O) groups is 3. The molecule has 3 N–H and O–H groups in total. The zero-order valence-corrected chi connectivity index (χ0v) is 25.4. The van der Waals surface area contributed by atoms with Crippen LogP contribution in [0.25, 0.3) is 22.3 Å². The van der Waals surface area contributed by atoms with Crippen LogP contribution >= 0.6 is 0 Å². The van der Waals surface area contributed by atoms with Crippen molar-refractivity contribution in [1.82, 2.24) is 4.48 Å². The molecule has 0 atom stereocenters. The van der Waals surface area contributed by atoms with Crippen molar-refractivity contribution in [2.75, 3.05) is 19.4 Å². The first-order chi connectivity index (χ1) is 21.8. The van der Waals surface area contributed by atoms with Gasteiger partial charge in [0, 0.05) is 5.56 Å². The van der Waals surface area contributed by atoms with E-state index in [1.165, 1.54) is 18.2 Å². The number of amides is 3. The summed E-state index contributed by atoms with van der Waals surface area (Å²) in [5.74, 6) is -1.72. The highest BCUT2D eigenvalue weighted by atomic mass is 19.4. The molecule has 0 saturated carbocycles. The van der Waals surface area contributed by atoms with Crippen LogP contribution in [-0.4, -0.2) is 31.8 Å². The van der Waals surface area contributed by atoms with Crippen LogP contribution in [0.4, 0.5) is 24.5 Å². The van der Waals surface area contributed by atoms with Gasteiger partial charge in [0.2, 0.25) is 0 Å². The lowest BCUT2D eigenvalue weighted by molar-refractivity contribution is -0.137.